The molecule has 0 N–H and O–H groups in total. The summed E-state index contributed by atoms with van der Waals surface area (Å²) in [5.41, 5.74) is 1.03. The number of methoxy groups -OCH3 is 2. The Kier molecular flexibility index (Phi) is 3.86. The molecule has 0 unspecified atom stereocenters. The molecule has 7 heteroatoms. The van der Waals surface area contributed by atoms with Crippen molar-refractivity contribution in [2.45, 2.75) is 0 Å². The predicted octanol–water partition coefficient (Wildman–Crippen LogP) is 4.18. The van der Waals surface area contributed by atoms with Gasteiger partial charge >= 0.3 is 5.97 Å². The van der Waals surface area contributed by atoms with Gasteiger partial charge < -0.3 is 13.9 Å². The maximum absolute atomic E-state index is 13.4. The van der Waals surface area contributed by atoms with Crippen molar-refractivity contribution in [3.63, 3.8) is 0 Å². The normalized spacial score (nSPS) is 13.2. The summed E-state index contributed by atoms with van der Waals surface area (Å²) in [6.07, 6.45) is 0. The Morgan fingerprint density at radius 2 is 1.57 bits per heavy atom. The fourth-order valence-corrected chi connectivity index (χ4v) is 3.98. The van der Waals surface area contributed by atoms with Crippen molar-refractivity contribution in [1.82, 2.24) is 0 Å². The molecule has 2 amide bonds. The number of rotatable bonds is 3. The Morgan fingerprint density at radius 3 is 2.27 bits per heavy atom. The lowest BCUT2D eigenvalue weighted by Crippen LogP contribution is -2.29. The second kappa shape index (κ2) is 6.45. The lowest BCUT2D eigenvalue weighted by atomic mass is 9.95. The van der Waals surface area contributed by atoms with Crippen LogP contribution in [0, 0.1) is 0 Å². The van der Waals surface area contributed by atoms with Crippen LogP contribution in [-0.4, -0.2) is 32.0 Å². The Bertz CT molecular complexity index is 1370. The molecule has 0 saturated carbocycles. The summed E-state index contributed by atoms with van der Waals surface area (Å²) >= 11 is 0. The van der Waals surface area contributed by atoms with Gasteiger partial charge in [0.1, 0.15) is 5.58 Å². The first-order valence-electron chi connectivity index (χ1n) is 9.15. The van der Waals surface area contributed by atoms with E-state index < -0.39 is 17.8 Å². The molecule has 1 aliphatic heterocycles. The van der Waals surface area contributed by atoms with Crippen LogP contribution >= 0.6 is 0 Å². The number of esters is 1. The molecule has 30 heavy (non-hydrogen) atoms. The van der Waals surface area contributed by atoms with Crippen LogP contribution in [0.2, 0.25) is 0 Å². The van der Waals surface area contributed by atoms with Gasteiger partial charge in [-0.25, -0.2) is 9.69 Å². The molecule has 0 atom stereocenters. The molecule has 2 heterocycles. The maximum atomic E-state index is 13.4. The number of carbonyl (C=O) groups excluding carboxylic acids is 3. The Hall–Kier alpha value is -4.13. The van der Waals surface area contributed by atoms with Crippen LogP contribution in [0.5, 0.6) is 5.75 Å². The summed E-state index contributed by atoms with van der Waals surface area (Å²) < 4.78 is 16.5. The van der Waals surface area contributed by atoms with E-state index in [0.29, 0.717) is 22.0 Å². The third kappa shape index (κ3) is 2.23. The number of amides is 2. The average molecular weight is 401 g/mol. The Labute approximate surface area is 170 Å². The van der Waals surface area contributed by atoms with Crippen LogP contribution in [0.25, 0.3) is 21.9 Å². The summed E-state index contributed by atoms with van der Waals surface area (Å²) in [6, 6.07) is 15.6. The molecule has 0 bridgehead atoms. The zero-order valence-corrected chi connectivity index (χ0v) is 16.1. The quantitative estimate of drug-likeness (QED) is 0.378. The van der Waals surface area contributed by atoms with E-state index in [1.807, 2.05) is 0 Å². The fourth-order valence-electron chi connectivity index (χ4n) is 3.98. The number of benzene rings is 3. The van der Waals surface area contributed by atoms with Crippen LogP contribution in [0.1, 0.15) is 31.1 Å². The summed E-state index contributed by atoms with van der Waals surface area (Å²) in [7, 11) is 2.62. The van der Waals surface area contributed by atoms with Crippen molar-refractivity contribution < 1.29 is 28.3 Å². The lowest BCUT2D eigenvalue weighted by molar-refractivity contribution is 0.0599. The highest BCUT2D eigenvalue weighted by Crippen LogP contribution is 2.46. The molecule has 0 saturated heterocycles. The van der Waals surface area contributed by atoms with Crippen molar-refractivity contribution in [2.75, 3.05) is 19.1 Å². The molecule has 0 fully saturated rings. The van der Waals surface area contributed by atoms with Gasteiger partial charge in [0.2, 0.25) is 0 Å². The van der Waals surface area contributed by atoms with Gasteiger partial charge in [-0.05, 0) is 18.2 Å². The van der Waals surface area contributed by atoms with Crippen molar-refractivity contribution >= 4 is 45.4 Å². The number of carbonyl (C=O) groups is 3. The summed E-state index contributed by atoms with van der Waals surface area (Å²) in [4.78, 5) is 40.6. The maximum Gasteiger partial charge on any atom is 0.339 e. The molecule has 7 nitrogen and oxygen atoms in total. The lowest BCUT2D eigenvalue weighted by Gasteiger charge is -2.13. The number of hydrogen-bond acceptors (Lipinski definition) is 6. The predicted molar refractivity (Wildman–Crippen MR) is 109 cm³/mol. The van der Waals surface area contributed by atoms with Crippen LogP contribution in [0.4, 0.5) is 5.69 Å². The van der Waals surface area contributed by atoms with E-state index in [1.165, 1.54) is 14.2 Å². The van der Waals surface area contributed by atoms with Crippen molar-refractivity contribution in [3.8, 4) is 5.75 Å². The second-order valence-electron chi connectivity index (χ2n) is 6.73. The van der Waals surface area contributed by atoms with Crippen molar-refractivity contribution in [1.29, 1.82) is 0 Å². The van der Waals surface area contributed by atoms with E-state index in [-0.39, 0.29) is 28.0 Å². The Balaban J connectivity index is 1.94. The molecular weight excluding hydrogens is 386 g/mol. The van der Waals surface area contributed by atoms with Gasteiger partial charge in [-0.2, -0.15) is 0 Å². The Morgan fingerprint density at radius 1 is 0.900 bits per heavy atom. The minimum atomic E-state index is -0.735. The molecule has 4 aromatic rings. The first-order valence-corrected chi connectivity index (χ1v) is 9.15. The van der Waals surface area contributed by atoms with Crippen LogP contribution in [0.3, 0.4) is 0 Å². The van der Waals surface area contributed by atoms with E-state index in [0.717, 1.165) is 4.90 Å². The second-order valence-corrected chi connectivity index (χ2v) is 6.73. The van der Waals surface area contributed by atoms with Gasteiger partial charge in [0.05, 0.1) is 36.6 Å². The highest BCUT2D eigenvalue weighted by atomic mass is 16.5. The molecule has 0 radical (unpaired) electrons. The zero-order valence-electron chi connectivity index (χ0n) is 16.1. The van der Waals surface area contributed by atoms with Crippen LogP contribution < -0.4 is 9.64 Å². The molecule has 1 aromatic heterocycles. The van der Waals surface area contributed by atoms with Crippen LogP contribution in [0.15, 0.2) is 59.0 Å². The average Bonchev–Trinajstić information content (AvgIpc) is 3.28. The highest BCUT2D eigenvalue weighted by Gasteiger charge is 2.45. The summed E-state index contributed by atoms with van der Waals surface area (Å²) in [5.74, 6) is -1.83. The van der Waals surface area contributed by atoms with E-state index in [4.69, 9.17) is 13.9 Å². The molecular formula is C23H15NO6. The van der Waals surface area contributed by atoms with Gasteiger partial charge in [0.25, 0.3) is 11.8 Å². The van der Waals surface area contributed by atoms with Crippen molar-refractivity contribution in [2.24, 2.45) is 0 Å². The zero-order chi connectivity index (χ0) is 21.0. The number of fused-ring (bicyclic) bond motifs is 4. The largest absolute Gasteiger partial charge is 0.492 e. The van der Waals surface area contributed by atoms with Crippen LogP contribution in [-0.2, 0) is 4.74 Å². The van der Waals surface area contributed by atoms with Gasteiger partial charge in [-0.15, -0.1) is 0 Å². The molecule has 0 aliphatic carbocycles. The van der Waals surface area contributed by atoms with Gasteiger partial charge in [0, 0.05) is 10.8 Å². The molecule has 5 rings (SSSR count). The standard InChI is InChI=1S/C23H15NO6/c1-28-19-18-16(21(25)24(22(18)26)12-8-4-3-5-9-12)17(23(27)29-2)15-13-10-6-7-11-14(13)30-20(15)19/h3-11H,1-2H3. The first kappa shape index (κ1) is 17.9. The minimum Gasteiger partial charge on any atom is -0.492 e. The number of hydrogen-bond donors (Lipinski definition) is 0. The fraction of sp³-hybridized carbons (Fsp3) is 0.0870. The highest BCUT2D eigenvalue weighted by molar-refractivity contribution is 6.40. The van der Waals surface area contributed by atoms with E-state index in [2.05, 4.69) is 0 Å². The molecule has 0 spiro atoms. The van der Waals surface area contributed by atoms with E-state index in [9.17, 15) is 14.4 Å². The molecule has 148 valence electrons. The summed E-state index contributed by atoms with van der Waals surface area (Å²) in [6.45, 7) is 0. The third-order valence-electron chi connectivity index (χ3n) is 5.22. The van der Waals surface area contributed by atoms with Gasteiger partial charge in [-0.3, -0.25) is 9.59 Å². The number of nitrogens with zero attached hydrogens (tertiary/aromatic N) is 1. The van der Waals surface area contributed by atoms with Gasteiger partial charge in [-0.1, -0.05) is 36.4 Å². The number of ether oxygens (including phenoxy) is 2. The topological polar surface area (TPSA) is 86.1 Å². The van der Waals surface area contributed by atoms with E-state index in [1.54, 1.807) is 54.6 Å². The first-order chi connectivity index (χ1) is 14.6. The number of furan rings is 1. The minimum absolute atomic E-state index is 0.00923. The van der Waals surface area contributed by atoms with Crippen molar-refractivity contribution in [3.05, 3.63) is 71.3 Å². The number of anilines is 1. The monoisotopic (exact) mass is 401 g/mol. The third-order valence-corrected chi connectivity index (χ3v) is 5.22. The van der Waals surface area contributed by atoms with E-state index >= 15 is 0 Å². The SMILES string of the molecule is COC(=O)c1c2c(c(OC)c3oc4ccccc4c13)C(=O)N(c1ccccc1)C2=O. The number of para-hydroxylation sites is 2. The molecule has 3 aromatic carbocycles. The summed E-state index contributed by atoms with van der Waals surface area (Å²) in [5, 5.41) is 0.997. The van der Waals surface area contributed by atoms with Gasteiger partial charge in [0.15, 0.2) is 11.3 Å². The number of imide groups is 1. The molecule has 1 aliphatic rings. The smallest absolute Gasteiger partial charge is 0.339 e.